The number of hydrogen-bond acceptors (Lipinski definition) is 4. The number of hydrogen-bond donors (Lipinski definition) is 2. The Kier molecular flexibility index (Phi) is 4.38. The lowest BCUT2D eigenvalue weighted by atomic mass is 10.0. The topological polar surface area (TPSA) is 95.9 Å². The number of rotatable bonds is 5. The van der Waals surface area contributed by atoms with Crippen molar-refractivity contribution in [3.63, 3.8) is 0 Å². The minimum atomic E-state index is -1.26. The van der Waals surface area contributed by atoms with Crippen LogP contribution in [0, 0.1) is 0 Å². The Bertz CT molecular complexity index is 903. The van der Waals surface area contributed by atoms with Gasteiger partial charge in [0.25, 0.3) is 5.91 Å². The molecule has 0 unspecified atom stereocenters. The van der Waals surface area contributed by atoms with E-state index in [1.807, 2.05) is 37.3 Å². The first kappa shape index (κ1) is 16.5. The molecule has 7 nitrogen and oxygen atoms in total. The number of carboxylic acid groups (broad SMARTS) is 1. The molecule has 0 bridgehead atoms. The van der Waals surface area contributed by atoms with Gasteiger partial charge in [0.15, 0.2) is 0 Å². The highest BCUT2D eigenvalue weighted by molar-refractivity contribution is 6.15. The summed E-state index contributed by atoms with van der Waals surface area (Å²) >= 11 is 0. The Morgan fingerprint density at radius 3 is 2.72 bits per heavy atom. The van der Waals surface area contributed by atoms with Gasteiger partial charge in [0, 0.05) is 5.56 Å². The average Bonchev–Trinajstić information content (AvgIpc) is 2.84. The van der Waals surface area contributed by atoms with Gasteiger partial charge in [0.05, 0.1) is 6.61 Å². The summed E-state index contributed by atoms with van der Waals surface area (Å²) in [5, 5.41) is 13.1. The smallest absolute Gasteiger partial charge is 0.329 e. The maximum Gasteiger partial charge on any atom is 0.329 e. The molecule has 128 valence electrons. The number of ether oxygens (including phenoxy) is 1. The van der Waals surface area contributed by atoms with Crippen LogP contribution in [0.25, 0.3) is 16.8 Å². The Labute approximate surface area is 143 Å². The van der Waals surface area contributed by atoms with Crippen molar-refractivity contribution in [2.45, 2.75) is 6.92 Å². The number of aliphatic carboxylic acids is 1. The van der Waals surface area contributed by atoms with Gasteiger partial charge in [-0.2, -0.15) is 0 Å². The standard InChI is InChI=1S/C18H16N2O5/c1-2-25-15-8-7-11-5-3-4-6-12(11)13(15)9-14-17(23)20(10-16(21)22)18(24)19-14/h3-9H,2,10H2,1H3,(H,19,24)(H,21,22)/b14-9+. The van der Waals surface area contributed by atoms with E-state index >= 15 is 0 Å². The van der Waals surface area contributed by atoms with E-state index in [-0.39, 0.29) is 5.70 Å². The maximum atomic E-state index is 12.3. The lowest BCUT2D eigenvalue weighted by molar-refractivity contribution is -0.140. The van der Waals surface area contributed by atoms with Crippen LogP contribution in [0.2, 0.25) is 0 Å². The molecule has 2 aromatic carbocycles. The summed E-state index contributed by atoms with van der Waals surface area (Å²) in [6, 6.07) is 10.5. The molecule has 3 rings (SSSR count). The van der Waals surface area contributed by atoms with E-state index in [0.29, 0.717) is 22.8 Å². The Morgan fingerprint density at radius 2 is 2.00 bits per heavy atom. The first-order valence-electron chi connectivity index (χ1n) is 7.72. The number of carboxylic acids is 1. The molecule has 2 N–H and O–H groups in total. The summed E-state index contributed by atoms with van der Waals surface area (Å²) in [7, 11) is 0. The number of urea groups is 1. The molecule has 0 aliphatic carbocycles. The van der Waals surface area contributed by atoms with Gasteiger partial charge in [0.1, 0.15) is 18.0 Å². The predicted octanol–water partition coefficient (Wildman–Crippen LogP) is 2.22. The zero-order valence-corrected chi connectivity index (χ0v) is 13.5. The second-order valence-corrected chi connectivity index (χ2v) is 5.40. The van der Waals surface area contributed by atoms with Crippen LogP contribution in [0.1, 0.15) is 12.5 Å². The summed E-state index contributed by atoms with van der Waals surface area (Å²) in [6.45, 7) is 1.61. The number of nitrogens with zero attached hydrogens (tertiary/aromatic N) is 1. The Hall–Kier alpha value is -3.35. The Balaban J connectivity index is 2.08. The zero-order valence-electron chi connectivity index (χ0n) is 13.5. The minimum Gasteiger partial charge on any atom is -0.493 e. The van der Waals surface area contributed by atoms with E-state index in [9.17, 15) is 14.4 Å². The average molecular weight is 340 g/mol. The van der Waals surface area contributed by atoms with Gasteiger partial charge in [-0.15, -0.1) is 0 Å². The molecule has 3 amide bonds. The van der Waals surface area contributed by atoms with Crippen LogP contribution in [0.15, 0.2) is 42.1 Å². The van der Waals surface area contributed by atoms with Crippen LogP contribution in [0.4, 0.5) is 4.79 Å². The summed E-state index contributed by atoms with van der Waals surface area (Å²) in [5.74, 6) is -1.36. The molecule has 0 spiro atoms. The molecule has 1 aliphatic rings. The fraction of sp³-hybridized carbons (Fsp3) is 0.167. The molecule has 2 aromatic rings. The van der Waals surface area contributed by atoms with Gasteiger partial charge in [-0.3, -0.25) is 9.59 Å². The van der Waals surface area contributed by atoms with Gasteiger partial charge < -0.3 is 15.2 Å². The first-order chi connectivity index (χ1) is 12.0. The molecule has 1 fully saturated rings. The molecule has 0 atom stereocenters. The Morgan fingerprint density at radius 1 is 1.24 bits per heavy atom. The maximum absolute atomic E-state index is 12.3. The highest BCUT2D eigenvalue weighted by Gasteiger charge is 2.35. The molecule has 1 heterocycles. The van der Waals surface area contributed by atoms with Crippen molar-refractivity contribution >= 4 is 34.8 Å². The molecule has 0 saturated carbocycles. The molecular weight excluding hydrogens is 324 g/mol. The summed E-state index contributed by atoms with van der Waals surface area (Å²) in [6.07, 6.45) is 1.52. The van der Waals surface area contributed by atoms with Crippen molar-refractivity contribution < 1.29 is 24.2 Å². The van der Waals surface area contributed by atoms with Crippen LogP contribution in [0.3, 0.4) is 0 Å². The van der Waals surface area contributed by atoms with E-state index < -0.39 is 24.5 Å². The number of nitrogens with one attached hydrogen (secondary N) is 1. The molecule has 0 aromatic heterocycles. The van der Waals surface area contributed by atoms with Crippen LogP contribution < -0.4 is 10.1 Å². The quantitative estimate of drug-likeness (QED) is 0.643. The van der Waals surface area contributed by atoms with Crippen LogP contribution in [-0.2, 0) is 9.59 Å². The van der Waals surface area contributed by atoms with Gasteiger partial charge >= 0.3 is 12.0 Å². The molecule has 7 heteroatoms. The molecule has 0 radical (unpaired) electrons. The lowest BCUT2D eigenvalue weighted by Gasteiger charge is -2.11. The molecule has 1 aliphatic heterocycles. The molecule has 25 heavy (non-hydrogen) atoms. The van der Waals surface area contributed by atoms with Crippen LogP contribution in [0.5, 0.6) is 5.75 Å². The van der Waals surface area contributed by atoms with E-state index in [1.165, 1.54) is 6.08 Å². The minimum absolute atomic E-state index is 0.0172. The largest absolute Gasteiger partial charge is 0.493 e. The number of benzene rings is 2. The third-order valence-corrected chi connectivity index (χ3v) is 3.77. The fourth-order valence-corrected chi connectivity index (χ4v) is 2.70. The van der Waals surface area contributed by atoms with E-state index in [2.05, 4.69) is 5.32 Å². The van der Waals surface area contributed by atoms with Crippen LogP contribution >= 0.6 is 0 Å². The monoisotopic (exact) mass is 340 g/mol. The summed E-state index contributed by atoms with van der Waals surface area (Å²) in [4.78, 5) is 35.6. The van der Waals surface area contributed by atoms with Gasteiger partial charge in [-0.05, 0) is 29.8 Å². The predicted molar refractivity (Wildman–Crippen MR) is 91.0 cm³/mol. The van der Waals surface area contributed by atoms with Crippen molar-refractivity contribution in [1.29, 1.82) is 0 Å². The third kappa shape index (κ3) is 3.16. The highest BCUT2D eigenvalue weighted by Crippen LogP contribution is 2.31. The summed E-state index contributed by atoms with van der Waals surface area (Å²) < 4.78 is 5.63. The number of carbonyl (C=O) groups is 3. The third-order valence-electron chi connectivity index (χ3n) is 3.77. The van der Waals surface area contributed by atoms with E-state index in [0.717, 1.165) is 10.8 Å². The van der Waals surface area contributed by atoms with E-state index in [4.69, 9.17) is 9.84 Å². The van der Waals surface area contributed by atoms with Crippen molar-refractivity contribution in [2.24, 2.45) is 0 Å². The number of imide groups is 1. The van der Waals surface area contributed by atoms with Gasteiger partial charge in [0.2, 0.25) is 0 Å². The SMILES string of the molecule is CCOc1ccc2ccccc2c1/C=C1/NC(=O)N(CC(=O)O)C1=O. The zero-order chi connectivity index (χ0) is 18.0. The van der Waals surface area contributed by atoms with Crippen molar-refractivity contribution in [2.75, 3.05) is 13.2 Å². The van der Waals surface area contributed by atoms with Crippen molar-refractivity contribution in [3.8, 4) is 5.75 Å². The molecular formula is C18H16N2O5. The van der Waals surface area contributed by atoms with E-state index in [1.54, 1.807) is 6.07 Å². The lowest BCUT2D eigenvalue weighted by Crippen LogP contribution is -2.35. The number of amides is 3. The number of fused-ring (bicyclic) bond motifs is 1. The highest BCUT2D eigenvalue weighted by atomic mass is 16.5. The molecule has 1 saturated heterocycles. The van der Waals surface area contributed by atoms with Crippen molar-refractivity contribution in [1.82, 2.24) is 10.2 Å². The first-order valence-corrected chi connectivity index (χ1v) is 7.72. The van der Waals surface area contributed by atoms with Crippen LogP contribution in [-0.4, -0.2) is 41.1 Å². The normalized spacial score (nSPS) is 15.7. The fourth-order valence-electron chi connectivity index (χ4n) is 2.70. The summed E-state index contributed by atoms with van der Waals surface area (Å²) in [5.41, 5.74) is 0.671. The van der Waals surface area contributed by atoms with Crippen molar-refractivity contribution in [3.05, 3.63) is 47.7 Å². The second-order valence-electron chi connectivity index (χ2n) is 5.40. The van der Waals surface area contributed by atoms with Gasteiger partial charge in [-0.1, -0.05) is 30.3 Å². The van der Waals surface area contributed by atoms with Gasteiger partial charge in [-0.25, -0.2) is 9.69 Å². The second kappa shape index (κ2) is 6.64. The number of carbonyl (C=O) groups excluding carboxylic acids is 2.